The van der Waals surface area contributed by atoms with Crippen molar-refractivity contribution < 1.29 is 19.4 Å². The van der Waals surface area contributed by atoms with Crippen LogP contribution in [0.4, 0.5) is 17.1 Å². The van der Waals surface area contributed by atoms with Gasteiger partial charge in [-0.05, 0) is 68.5 Å². The number of hydrogen-bond acceptors (Lipinski definition) is 7. The van der Waals surface area contributed by atoms with Crippen LogP contribution in [0.2, 0.25) is 0 Å². The van der Waals surface area contributed by atoms with Crippen molar-refractivity contribution in [2.45, 2.75) is 6.42 Å². The standard InChI is InChI=1S/C25H28N4O4S.ClH/c1-28-13-4-14-29(16-15-28)18-9-7-17(8-10-18)24(31)27-23-19(5-3-6-20(23)30)26-25(32)21-11-12-22(33-2)34-21;/h3,5-12,30H,4,13-16H2,1-2H3,(H,26,32)(H,27,31);1H. The third-order valence-corrected chi connectivity index (χ3v) is 6.79. The van der Waals surface area contributed by atoms with Crippen molar-refractivity contribution in [2.75, 3.05) is 55.9 Å². The van der Waals surface area contributed by atoms with E-state index in [0.717, 1.165) is 38.3 Å². The summed E-state index contributed by atoms with van der Waals surface area (Å²) in [4.78, 5) is 30.7. The Morgan fingerprint density at radius 2 is 1.71 bits per heavy atom. The number of hydrogen-bond donors (Lipinski definition) is 3. The van der Waals surface area contributed by atoms with Gasteiger partial charge in [0.1, 0.15) is 11.4 Å². The molecule has 186 valence electrons. The fourth-order valence-corrected chi connectivity index (χ4v) is 4.54. The molecule has 4 rings (SSSR count). The van der Waals surface area contributed by atoms with Crippen LogP contribution in [0.25, 0.3) is 0 Å². The highest BCUT2D eigenvalue weighted by Crippen LogP contribution is 2.33. The first kappa shape index (κ1) is 26.3. The third-order valence-electron chi connectivity index (χ3n) is 5.75. The average molecular weight is 517 g/mol. The van der Waals surface area contributed by atoms with Gasteiger partial charge in [0.2, 0.25) is 0 Å². The van der Waals surface area contributed by atoms with E-state index in [9.17, 15) is 14.7 Å². The van der Waals surface area contributed by atoms with Gasteiger partial charge < -0.3 is 30.3 Å². The third kappa shape index (κ3) is 6.45. The summed E-state index contributed by atoms with van der Waals surface area (Å²) in [6.07, 6.45) is 1.10. The number of ether oxygens (including phenoxy) is 1. The molecular weight excluding hydrogens is 488 g/mol. The smallest absolute Gasteiger partial charge is 0.265 e. The van der Waals surface area contributed by atoms with Gasteiger partial charge in [0, 0.05) is 30.9 Å². The second kappa shape index (κ2) is 11.9. The number of phenols is 1. The van der Waals surface area contributed by atoms with Crippen LogP contribution in [-0.2, 0) is 0 Å². The second-order valence-corrected chi connectivity index (χ2v) is 9.17. The topological polar surface area (TPSA) is 94.1 Å². The monoisotopic (exact) mass is 516 g/mol. The number of amides is 2. The fourth-order valence-electron chi connectivity index (χ4n) is 3.83. The molecule has 0 aliphatic carbocycles. The maximum Gasteiger partial charge on any atom is 0.265 e. The SMILES string of the molecule is COc1ccc(C(=O)Nc2cccc(O)c2NC(=O)c2ccc(N3CCCN(C)CC3)cc2)s1.Cl. The van der Waals surface area contributed by atoms with Gasteiger partial charge >= 0.3 is 0 Å². The quantitative estimate of drug-likeness (QED) is 0.417. The average Bonchev–Trinajstić information content (AvgIpc) is 3.23. The summed E-state index contributed by atoms with van der Waals surface area (Å²) in [7, 11) is 3.67. The van der Waals surface area contributed by atoms with Gasteiger partial charge in [-0.1, -0.05) is 17.4 Å². The number of phenolic OH excluding ortho intramolecular Hbond substituents is 1. The summed E-state index contributed by atoms with van der Waals surface area (Å²) < 4.78 is 5.13. The number of thiophene rings is 1. The van der Waals surface area contributed by atoms with E-state index in [2.05, 4.69) is 27.5 Å². The number of para-hydroxylation sites is 1. The lowest BCUT2D eigenvalue weighted by Crippen LogP contribution is -2.28. The summed E-state index contributed by atoms with van der Waals surface area (Å²) in [5, 5.41) is 16.5. The number of anilines is 3. The Bertz CT molecular complexity index is 1170. The number of carbonyl (C=O) groups is 2. The molecule has 1 saturated heterocycles. The van der Waals surface area contributed by atoms with E-state index in [1.165, 1.54) is 24.5 Å². The first-order chi connectivity index (χ1) is 16.4. The maximum absolute atomic E-state index is 12.9. The number of rotatable bonds is 6. The van der Waals surface area contributed by atoms with Crippen molar-refractivity contribution >= 4 is 52.6 Å². The molecule has 0 unspecified atom stereocenters. The molecule has 2 heterocycles. The molecule has 0 spiro atoms. The van der Waals surface area contributed by atoms with Gasteiger partial charge in [0.05, 0.1) is 17.7 Å². The minimum Gasteiger partial charge on any atom is -0.506 e. The molecule has 2 amide bonds. The van der Waals surface area contributed by atoms with Crippen molar-refractivity contribution in [1.82, 2.24) is 4.90 Å². The summed E-state index contributed by atoms with van der Waals surface area (Å²) in [6, 6.07) is 15.5. The second-order valence-electron chi connectivity index (χ2n) is 8.12. The van der Waals surface area contributed by atoms with Crippen molar-refractivity contribution in [2.24, 2.45) is 0 Å². The van der Waals surface area contributed by atoms with Crippen LogP contribution >= 0.6 is 23.7 Å². The Balaban J connectivity index is 0.00000342. The summed E-state index contributed by atoms with van der Waals surface area (Å²) in [5.74, 6) is -0.876. The molecular formula is C25H29ClN4O4S. The maximum atomic E-state index is 12.9. The lowest BCUT2D eigenvalue weighted by molar-refractivity contribution is 0.101. The largest absolute Gasteiger partial charge is 0.506 e. The fraction of sp³-hybridized carbons (Fsp3) is 0.280. The van der Waals surface area contributed by atoms with E-state index < -0.39 is 0 Å². The number of methoxy groups -OCH3 is 1. The Labute approximate surface area is 214 Å². The minimum absolute atomic E-state index is 0. The normalized spacial score (nSPS) is 13.9. The number of halogens is 1. The molecule has 0 radical (unpaired) electrons. The van der Waals surface area contributed by atoms with Crippen molar-refractivity contribution in [3.05, 3.63) is 65.0 Å². The highest BCUT2D eigenvalue weighted by molar-refractivity contribution is 7.15. The van der Waals surface area contributed by atoms with Gasteiger partial charge in [0.25, 0.3) is 11.8 Å². The Kier molecular flexibility index (Phi) is 8.97. The lowest BCUT2D eigenvalue weighted by atomic mass is 10.1. The molecule has 1 aliphatic rings. The van der Waals surface area contributed by atoms with Crippen molar-refractivity contribution in [3.63, 3.8) is 0 Å². The molecule has 1 aliphatic heterocycles. The van der Waals surface area contributed by atoms with E-state index in [0.29, 0.717) is 21.2 Å². The molecule has 35 heavy (non-hydrogen) atoms. The first-order valence-corrected chi connectivity index (χ1v) is 11.9. The van der Waals surface area contributed by atoms with Crippen molar-refractivity contribution in [3.8, 4) is 10.8 Å². The van der Waals surface area contributed by atoms with E-state index in [1.54, 1.807) is 36.4 Å². The number of benzene rings is 2. The lowest BCUT2D eigenvalue weighted by Gasteiger charge is -2.23. The van der Waals surface area contributed by atoms with Crippen molar-refractivity contribution in [1.29, 1.82) is 0 Å². The molecule has 1 fully saturated rings. The Hall–Kier alpha value is -3.27. The van der Waals surface area contributed by atoms with Gasteiger partial charge in [0.15, 0.2) is 5.06 Å². The zero-order valence-corrected chi connectivity index (χ0v) is 21.2. The Morgan fingerprint density at radius 3 is 2.43 bits per heavy atom. The minimum atomic E-state index is -0.378. The summed E-state index contributed by atoms with van der Waals surface area (Å²) in [6.45, 7) is 4.00. The highest BCUT2D eigenvalue weighted by atomic mass is 35.5. The molecule has 2 aromatic carbocycles. The van der Waals surface area contributed by atoms with Crippen LogP contribution in [-0.4, -0.2) is 62.2 Å². The summed E-state index contributed by atoms with van der Waals surface area (Å²) in [5.41, 5.74) is 1.98. The molecule has 10 heteroatoms. The number of aromatic hydroxyl groups is 1. The molecule has 8 nitrogen and oxygen atoms in total. The van der Waals surface area contributed by atoms with E-state index in [-0.39, 0.29) is 35.7 Å². The van der Waals surface area contributed by atoms with Crippen LogP contribution in [0, 0.1) is 0 Å². The van der Waals surface area contributed by atoms with Crippen LogP contribution in [0.5, 0.6) is 10.8 Å². The van der Waals surface area contributed by atoms with E-state index in [1.807, 2.05) is 12.1 Å². The number of carbonyl (C=O) groups excluding carboxylic acids is 2. The molecule has 0 atom stereocenters. The zero-order chi connectivity index (χ0) is 24.1. The van der Waals surface area contributed by atoms with Crippen LogP contribution in [0.15, 0.2) is 54.6 Å². The zero-order valence-electron chi connectivity index (χ0n) is 19.6. The number of likely N-dealkylation sites (N-methyl/N-ethyl adjacent to an activating group) is 1. The molecule has 0 saturated carbocycles. The predicted octanol–water partition coefficient (Wildman–Crippen LogP) is 4.53. The van der Waals surface area contributed by atoms with E-state index in [4.69, 9.17) is 4.74 Å². The van der Waals surface area contributed by atoms with Crippen LogP contribution < -0.4 is 20.3 Å². The number of nitrogens with zero attached hydrogens (tertiary/aromatic N) is 2. The Morgan fingerprint density at radius 1 is 0.943 bits per heavy atom. The molecule has 3 aromatic rings. The van der Waals surface area contributed by atoms with Gasteiger partial charge in [-0.3, -0.25) is 9.59 Å². The van der Waals surface area contributed by atoms with E-state index >= 15 is 0 Å². The highest BCUT2D eigenvalue weighted by Gasteiger charge is 2.18. The molecule has 3 N–H and O–H groups in total. The van der Waals surface area contributed by atoms with Crippen LogP contribution in [0.1, 0.15) is 26.5 Å². The summed E-state index contributed by atoms with van der Waals surface area (Å²) >= 11 is 1.20. The number of nitrogens with one attached hydrogen (secondary N) is 2. The molecule has 1 aromatic heterocycles. The predicted molar refractivity (Wildman–Crippen MR) is 143 cm³/mol. The molecule has 0 bridgehead atoms. The first-order valence-electron chi connectivity index (χ1n) is 11.1. The van der Waals surface area contributed by atoms with Gasteiger partial charge in [-0.15, -0.1) is 12.4 Å². The van der Waals surface area contributed by atoms with Gasteiger partial charge in [-0.2, -0.15) is 0 Å². The van der Waals surface area contributed by atoms with Gasteiger partial charge in [-0.25, -0.2) is 0 Å². The van der Waals surface area contributed by atoms with Crippen LogP contribution in [0.3, 0.4) is 0 Å².